The van der Waals surface area contributed by atoms with Gasteiger partial charge < -0.3 is 19.7 Å². The highest BCUT2D eigenvalue weighted by Gasteiger charge is 2.39. The lowest BCUT2D eigenvalue weighted by molar-refractivity contribution is -0.0700. The third kappa shape index (κ3) is 3.99. The van der Waals surface area contributed by atoms with Crippen molar-refractivity contribution in [2.24, 2.45) is 0 Å². The summed E-state index contributed by atoms with van der Waals surface area (Å²) in [4.78, 5) is 0. The molecule has 0 aliphatic carbocycles. The van der Waals surface area contributed by atoms with Crippen molar-refractivity contribution in [3.63, 3.8) is 0 Å². The Hall–Kier alpha value is -1.72. The van der Waals surface area contributed by atoms with Gasteiger partial charge in [-0.25, -0.2) is 0 Å². The highest BCUT2D eigenvalue weighted by atomic mass is 16.5. The zero-order valence-corrected chi connectivity index (χ0v) is 15.1. The molecule has 0 radical (unpaired) electrons. The summed E-state index contributed by atoms with van der Waals surface area (Å²) < 4.78 is 10.6. The third-order valence-electron chi connectivity index (χ3n) is 5.53. The molecule has 4 rings (SSSR count). The Kier molecular flexibility index (Phi) is 6.43. The lowest BCUT2D eigenvalue weighted by Crippen LogP contribution is -2.47. The molecule has 0 saturated carbocycles. The smallest absolute Gasteiger partial charge is 0.0586 e. The van der Waals surface area contributed by atoms with E-state index in [1.807, 2.05) is 36.4 Å². The van der Waals surface area contributed by atoms with E-state index in [2.05, 4.69) is 24.3 Å². The van der Waals surface area contributed by atoms with Crippen LogP contribution in [0.4, 0.5) is 0 Å². The van der Waals surface area contributed by atoms with E-state index in [0.717, 1.165) is 32.7 Å². The second kappa shape index (κ2) is 8.78. The molecule has 4 heteroatoms. The molecule has 0 amide bonds. The lowest BCUT2D eigenvalue weighted by Gasteiger charge is -2.41. The van der Waals surface area contributed by atoms with E-state index in [1.54, 1.807) is 0 Å². The molecule has 2 aromatic rings. The van der Waals surface area contributed by atoms with Gasteiger partial charge in [0.25, 0.3) is 0 Å². The van der Waals surface area contributed by atoms with Crippen molar-refractivity contribution in [3.05, 3.63) is 71.8 Å². The van der Waals surface area contributed by atoms with Crippen molar-refractivity contribution in [1.82, 2.24) is 0 Å². The maximum atomic E-state index is 9.39. The van der Waals surface area contributed by atoms with Crippen LogP contribution in [0.3, 0.4) is 0 Å². The first-order valence-electron chi connectivity index (χ1n) is 9.23. The molecule has 0 bridgehead atoms. The van der Waals surface area contributed by atoms with Crippen LogP contribution in [0.5, 0.6) is 0 Å². The number of hydrogen-bond donors (Lipinski definition) is 2. The van der Waals surface area contributed by atoms with Crippen LogP contribution in [0, 0.1) is 0 Å². The zero-order chi connectivity index (χ0) is 18.3. The maximum absolute atomic E-state index is 9.39. The number of hydrogen-bond acceptors (Lipinski definition) is 4. The van der Waals surface area contributed by atoms with Gasteiger partial charge in [-0.3, -0.25) is 0 Å². The van der Waals surface area contributed by atoms with Gasteiger partial charge in [-0.15, -0.1) is 0 Å². The number of aliphatic hydroxyl groups is 2. The van der Waals surface area contributed by atoms with E-state index in [-0.39, 0.29) is 24.0 Å². The monoisotopic (exact) mass is 356 g/mol. The minimum absolute atomic E-state index is 0.0933. The van der Waals surface area contributed by atoms with Crippen LogP contribution in [0.1, 0.15) is 24.0 Å². The zero-order valence-electron chi connectivity index (χ0n) is 15.1. The molecular weight excluding hydrogens is 328 g/mol. The first-order chi connectivity index (χ1) is 12.7. The normalized spacial score (nSPS) is 23.6. The van der Waals surface area contributed by atoms with Crippen molar-refractivity contribution in [3.8, 4) is 0 Å². The van der Waals surface area contributed by atoms with E-state index in [9.17, 15) is 5.11 Å². The molecule has 2 aromatic carbocycles. The fourth-order valence-electron chi connectivity index (χ4n) is 3.65. The number of aliphatic hydroxyl groups excluding tert-OH is 2. The molecule has 2 heterocycles. The molecule has 2 aliphatic heterocycles. The summed E-state index contributed by atoms with van der Waals surface area (Å²) in [6, 6.07) is 20.4. The van der Waals surface area contributed by atoms with E-state index < -0.39 is 0 Å². The van der Waals surface area contributed by atoms with Gasteiger partial charge in [0.05, 0.1) is 26.4 Å². The van der Waals surface area contributed by atoms with Gasteiger partial charge in [0, 0.05) is 24.0 Å². The van der Waals surface area contributed by atoms with Crippen molar-refractivity contribution in [1.29, 1.82) is 0 Å². The summed E-state index contributed by atoms with van der Waals surface area (Å²) in [6.45, 7) is 3.31. The quantitative estimate of drug-likeness (QED) is 0.865. The van der Waals surface area contributed by atoms with Crippen LogP contribution >= 0.6 is 0 Å². The van der Waals surface area contributed by atoms with Gasteiger partial charge >= 0.3 is 0 Å². The Morgan fingerprint density at radius 2 is 1.27 bits per heavy atom. The molecule has 2 fully saturated rings. The molecule has 140 valence electrons. The second-order valence-electron chi connectivity index (χ2n) is 7.22. The molecule has 2 saturated heterocycles. The van der Waals surface area contributed by atoms with Gasteiger partial charge in [-0.2, -0.15) is 0 Å². The van der Waals surface area contributed by atoms with Crippen LogP contribution in [0.25, 0.3) is 0 Å². The number of ether oxygens (including phenoxy) is 2. The Morgan fingerprint density at radius 3 is 1.65 bits per heavy atom. The highest BCUT2D eigenvalue weighted by molar-refractivity contribution is 5.28. The van der Waals surface area contributed by atoms with Gasteiger partial charge in [0.1, 0.15) is 0 Å². The molecule has 0 unspecified atom stereocenters. The van der Waals surface area contributed by atoms with E-state index in [4.69, 9.17) is 14.6 Å². The third-order valence-corrected chi connectivity index (χ3v) is 5.53. The average Bonchev–Trinajstić information content (AvgIpc) is 3.17. The van der Waals surface area contributed by atoms with Gasteiger partial charge in [0.2, 0.25) is 0 Å². The minimum Gasteiger partial charge on any atom is -0.396 e. The molecule has 4 nitrogen and oxygen atoms in total. The van der Waals surface area contributed by atoms with Crippen LogP contribution in [0.15, 0.2) is 60.7 Å². The largest absolute Gasteiger partial charge is 0.396 e. The maximum Gasteiger partial charge on any atom is 0.0586 e. The first-order valence-corrected chi connectivity index (χ1v) is 9.23. The molecule has 2 N–H and O–H groups in total. The number of benzene rings is 2. The Bertz CT molecular complexity index is 646. The van der Waals surface area contributed by atoms with Crippen LogP contribution in [-0.2, 0) is 20.3 Å². The predicted octanol–water partition coefficient (Wildman–Crippen LogP) is 2.67. The SMILES string of the molecule is OCCC1(c2ccccc2)COC1.OC[C@@]1(c2ccccc2)CCOC1. The van der Waals surface area contributed by atoms with Crippen LogP contribution in [0.2, 0.25) is 0 Å². The van der Waals surface area contributed by atoms with Crippen LogP contribution in [-0.4, -0.2) is 49.9 Å². The average molecular weight is 356 g/mol. The molecule has 0 spiro atoms. The highest BCUT2D eigenvalue weighted by Crippen LogP contribution is 2.35. The lowest BCUT2D eigenvalue weighted by atomic mass is 9.76. The van der Waals surface area contributed by atoms with Crippen molar-refractivity contribution >= 4 is 0 Å². The summed E-state index contributed by atoms with van der Waals surface area (Å²) in [5, 5.41) is 18.4. The molecule has 0 aromatic heterocycles. The molecule has 1 atom stereocenters. The van der Waals surface area contributed by atoms with Crippen molar-refractivity contribution in [2.75, 3.05) is 39.6 Å². The summed E-state index contributed by atoms with van der Waals surface area (Å²) >= 11 is 0. The fourth-order valence-corrected chi connectivity index (χ4v) is 3.65. The number of rotatable bonds is 5. The summed E-state index contributed by atoms with van der Waals surface area (Å²) in [6.07, 6.45) is 1.73. The molecule has 26 heavy (non-hydrogen) atoms. The van der Waals surface area contributed by atoms with Gasteiger partial charge in [0.15, 0.2) is 0 Å². The predicted molar refractivity (Wildman–Crippen MR) is 101 cm³/mol. The minimum atomic E-state index is -0.138. The van der Waals surface area contributed by atoms with E-state index in [0.29, 0.717) is 6.61 Å². The molecular formula is C22H28O4. The molecule has 2 aliphatic rings. The van der Waals surface area contributed by atoms with Gasteiger partial charge in [-0.05, 0) is 24.0 Å². The Balaban J connectivity index is 0.000000151. The van der Waals surface area contributed by atoms with E-state index >= 15 is 0 Å². The Morgan fingerprint density at radius 1 is 0.731 bits per heavy atom. The second-order valence-corrected chi connectivity index (χ2v) is 7.22. The van der Waals surface area contributed by atoms with Crippen molar-refractivity contribution < 1.29 is 19.7 Å². The van der Waals surface area contributed by atoms with Gasteiger partial charge in [-0.1, -0.05) is 60.7 Å². The van der Waals surface area contributed by atoms with Crippen molar-refractivity contribution in [2.45, 2.75) is 23.7 Å². The summed E-state index contributed by atoms with van der Waals surface area (Å²) in [5.41, 5.74) is 2.43. The Labute approximate surface area is 155 Å². The topological polar surface area (TPSA) is 58.9 Å². The summed E-state index contributed by atoms with van der Waals surface area (Å²) in [5.74, 6) is 0. The summed E-state index contributed by atoms with van der Waals surface area (Å²) in [7, 11) is 0. The first kappa shape index (κ1) is 19.1. The fraction of sp³-hybridized carbons (Fsp3) is 0.455. The van der Waals surface area contributed by atoms with Crippen LogP contribution < -0.4 is 0 Å². The standard InChI is InChI=1S/2C11H14O2/c12-8-11(6-7-13-9-11)10-4-2-1-3-5-10;12-7-6-11(8-13-9-11)10-4-2-1-3-5-10/h2*1-5,12H,6-9H2/t11-;/m0./s1. The van der Waals surface area contributed by atoms with E-state index in [1.165, 1.54) is 11.1 Å².